The van der Waals surface area contributed by atoms with Crippen molar-refractivity contribution in [3.8, 4) is 0 Å². The molecule has 2 rings (SSSR count). The first-order valence-corrected chi connectivity index (χ1v) is 8.23. The Bertz CT molecular complexity index is 595. The van der Waals surface area contributed by atoms with Crippen molar-refractivity contribution in [1.82, 2.24) is 0 Å². The van der Waals surface area contributed by atoms with E-state index < -0.39 is 0 Å². The highest BCUT2D eigenvalue weighted by molar-refractivity contribution is 6.35. The number of hydrogen-bond donors (Lipinski definition) is 0. The van der Waals surface area contributed by atoms with Crippen molar-refractivity contribution in [2.45, 2.75) is 38.0 Å². The molecule has 0 saturated carbocycles. The minimum atomic E-state index is -0.250. The first-order valence-electron chi connectivity index (χ1n) is 7.04. The third-order valence-corrected chi connectivity index (χ3v) is 4.99. The normalized spacial score (nSPS) is 13.2. The molecule has 0 saturated heterocycles. The zero-order valence-corrected chi connectivity index (χ0v) is 14.7. The molecule has 0 radical (unpaired) electrons. The Labute approximate surface area is 142 Å². The van der Waals surface area contributed by atoms with Crippen LogP contribution in [0, 0.1) is 0 Å². The monoisotopic (exact) mass is 340 g/mol. The first-order chi connectivity index (χ1) is 9.83. The molecule has 0 N–H and O–H groups in total. The lowest BCUT2D eigenvalue weighted by molar-refractivity contribution is 0.506. The maximum Gasteiger partial charge on any atom is 0.0836 e. The zero-order chi connectivity index (χ0) is 15.6. The van der Waals surface area contributed by atoms with Crippen LogP contribution in [-0.4, -0.2) is 0 Å². The predicted molar refractivity (Wildman–Crippen MR) is 93.9 cm³/mol. The summed E-state index contributed by atoms with van der Waals surface area (Å²) in [7, 11) is 0. The van der Waals surface area contributed by atoms with E-state index >= 15 is 0 Å². The van der Waals surface area contributed by atoms with Crippen LogP contribution in [0.5, 0.6) is 0 Å². The summed E-state index contributed by atoms with van der Waals surface area (Å²) >= 11 is 18.6. The van der Waals surface area contributed by atoms with Crippen LogP contribution in [0.4, 0.5) is 0 Å². The molecule has 0 aliphatic carbocycles. The van der Waals surface area contributed by atoms with Crippen LogP contribution >= 0.6 is 34.8 Å². The topological polar surface area (TPSA) is 0 Å². The van der Waals surface area contributed by atoms with Crippen LogP contribution in [0.25, 0.3) is 0 Å². The molecule has 0 fully saturated rings. The molecule has 2 aromatic carbocycles. The van der Waals surface area contributed by atoms with Gasteiger partial charge in [0.05, 0.1) is 5.38 Å². The van der Waals surface area contributed by atoms with Gasteiger partial charge in [0.15, 0.2) is 0 Å². The molecule has 112 valence electrons. The third kappa shape index (κ3) is 3.94. The Morgan fingerprint density at radius 2 is 1.43 bits per heavy atom. The van der Waals surface area contributed by atoms with E-state index in [1.807, 2.05) is 12.1 Å². The van der Waals surface area contributed by atoms with Gasteiger partial charge < -0.3 is 0 Å². The molecule has 0 nitrogen and oxygen atoms in total. The lowest BCUT2D eigenvalue weighted by Crippen LogP contribution is -2.15. The molecule has 3 heteroatoms. The molecule has 0 spiro atoms. The van der Waals surface area contributed by atoms with E-state index in [9.17, 15) is 0 Å². The summed E-state index contributed by atoms with van der Waals surface area (Å²) in [5, 5.41) is 0.957. The molecule has 0 aliphatic heterocycles. The largest absolute Gasteiger partial charge is 0.113 e. The first kappa shape index (κ1) is 16.7. The van der Waals surface area contributed by atoms with E-state index in [0.29, 0.717) is 10.0 Å². The van der Waals surface area contributed by atoms with Gasteiger partial charge in [-0.25, -0.2) is 0 Å². The van der Waals surface area contributed by atoms with E-state index in [2.05, 4.69) is 45.0 Å². The summed E-state index contributed by atoms with van der Waals surface area (Å²) in [4.78, 5) is 0. The third-order valence-electron chi connectivity index (χ3n) is 4.05. The molecule has 2 aromatic rings. The van der Waals surface area contributed by atoms with Crippen LogP contribution in [0.15, 0.2) is 42.5 Å². The minimum Gasteiger partial charge on any atom is -0.113 e. The van der Waals surface area contributed by atoms with Crippen molar-refractivity contribution in [2.75, 3.05) is 0 Å². The van der Waals surface area contributed by atoms with Crippen molar-refractivity contribution < 1.29 is 0 Å². The maximum absolute atomic E-state index is 6.56. The number of benzene rings is 2. The van der Waals surface area contributed by atoms with E-state index in [1.165, 1.54) is 5.56 Å². The van der Waals surface area contributed by atoms with Gasteiger partial charge >= 0.3 is 0 Å². The van der Waals surface area contributed by atoms with E-state index in [4.69, 9.17) is 34.8 Å². The van der Waals surface area contributed by atoms with Gasteiger partial charge in [-0.05, 0) is 46.7 Å². The Hall–Kier alpha value is -0.690. The van der Waals surface area contributed by atoms with Gasteiger partial charge in [-0.1, -0.05) is 68.2 Å². The van der Waals surface area contributed by atoms with E-state index in [1.54, 1.807) is 6.07 Å². The number of alkyl halides is 1. The SMILES string of the molecule is CCC(C)(C)c1ccc(C(Cl)c2cc(Cl)cc(Cl)c2)cc1. The molecular formula is C18H19Cl3. The summed E-state index contributed by atoms with van der Waals surface area (Å²) in [6, 6.07) is 13.9. The predicted octanol–water partition coefficient (Wildman–Crippen LogP) is 7.01. The number of hydrogen-bond acceptors (Lipinski definition) is 0. The van der Waals surface area contributed by atoms with Crippen LogP contribution in [-0.2, 0) is 5.41 Å². The van der Waals surface area contributed by atoms with E-state index in [0.717, 1.165) is 17.5 Å². The summed E-state index contributed by atoms with van der Waals surface area (Å²) in [6.45, 7) is 6.69. The summed E-state index contributed by atoms with van der Waals surface area (Å²) < 4.78 is 0. The fraction of sp³-hybridized carbons (Fsp3) is 0.333. The average molecular weight is 342 g/mol. The van der Waals surface area contributed by atoms with E-state index in [-0.39, 0.29) is 10.8 Å². The Balaban J connectivity index is 2.30. The number of halogens is 3. The van der Waals surface area contributed by atoms with Crippen molar-refractivity contribution in [2.24, 2.45) is 0 Å². The van der Waals surface area contributed by atoms with Crippen LogP contribution in [0.3, 0.4) is 0 Å². The van der Waals surface area contributed by atoms with Crippen molar-refractivity contribution in [3.63, 3.8) is 0 Å². The Morgan fingerprint density at radius 3 is 1.90 bits per heavy atom. The molecule has 0 amide bonds. The maximum atomic E-state index is 6.56. The Kier molecular flexibility index (Phi) is 5.24. The molecular weight excluding hydrogens is 323 g/mol. The summed E-state index contributed by atoms with van der Waals surface area (Å²) in [5.74, 6) is 0. The average Bonchev–Trinajstić information content (AvgIpc) is 2.45. The van der Waals surface area contributed by atoms with Gasteiger partial charge in [0.25, 0.3) is 0 Å². The molecule has 1 unspecified atom stereocenters. The zero-order valence-electron chi connectivity index (χ0n) is 12.5. The summed E-state index contributed by atoms with van der Waals surface area (Å²) in [5.41, 5.74) is 3.46. The molecule has 0 aromatic heterocycles. The fourth-order valence-corrected chi connectivity index (χ4v) is 3.04. The van der Waals surface area contributed by atoms with Crippen molar-refractivity contribution in [1.29, 1.82) is 0 Å². The van der Waals surface area contributed by atoms with Crippen molar-refractivity contribution >= 4 is 34.8 Å². The van der Waals surface area contributed by atoms with Crippen molar-refractivity contribution in [3.05, 3.63) is 69.2 Å². The Morgan fingerprint density at radius 1 is 0.905 bits per heavy atom. The van der Waals surface area contributed by atoms with Gasteiger partial charge in [0.2, 0.25) is 0 Å². The quantitative estimate of drug-likeness (QED) is 0.525. The second-order valence-corrected chi connectivity index (χ2v) is 7.23. The molecule has 1 atom stereocenters. The standard InChI is InChI=1S/C18H19Cl3/c1-4-18(2,3)14-7-5-12(6-8-14)17(21)13-9-15(19)11-16(20)10-13/h5-11,17H,4H2,1-3H3. The van der Waals surface area contributed by atoms with Gasteiger partial charge in [-0.3, -0.25) is 0 Å². The highest BCUT2D eigenvalue weighted by atomic mass is 35.5. The molecule has 21 heavy (non-hydrogen) atoms. The second-order valence-electron chi connectivity index (χ2n) is 5.92. The second kappa shape index (κ2) is 6.60. The highest BCUT2D eigenvalue weighted by Crippen LogP contribution is 2.34. The minimum absolute atomic E-state index is 0.180. The van der Waals surface area contributed by atoms with Gasteiger partial charge in [0, 0.05) is 10.0 Å². The molecule has 0 bridgehead atoms. The summed E-state index contributed by atoms with van der Waals surface area (Å²) in [6.07, 6.45) is 1.10. The number of rotatable bonds is 4. The fourth-order valence-electron chi connectivity index (χ4n) is 2.22. The molecule has 0 aliphatic rings. The van der Waals surface area contributed by atoms with Crippen LogP contribution < -0.4 is 0 Å². The highest BCUT2D eigenvalue weighted by Gasteiger charge is 2.19. The van der Waals surface area contributed by atoms with Gasteiger partial charge in [0.1, 0.15) is 0 Å². The van der Waals surface area contributed by atoms with Gasteiger partial charge in [-0.2, -0.15) is 0 Å². The lowest BCUT2D eigenvalue weighted by Gasteiger charge is -2.24. The smallest absolute Gasteiger partial charge is 0.0836 e. The lowest BCUT2D eigenvalue weighted by atomic mass is 9.82. The van der Waals surface area contributed by atoms with Gasteiger partial charge in [-0.15, -0.1) is 11.6 Å². The van der Waals surface area contributed by atoms with Crippen LogP contribution in [0.2, 0.25) is 10.0 Å². The van der Waals surface area contributed by atoms with Crippen LogP contribution in [0.1, 0.15) is 49.3 Å². The molecule has 0 heterocycles.